The molecule has 1 amide bonds. The van der Waals surface area contributed by atoms with Gasteiger partial charge in [-0.05, 0) is 36.5 Å². The molecule has 1 fully saturated rings. The predicted molar refractivity (Wildman–Crippen MR) is 80.1 cm³/mol. The highest BCUT2D eigenvalue weighted by Crippen LogP contribution is 2.39. The molecule has 2 N–H and O–H groups in total. The van der Waals surface area contributed by atoms with Crippen LogP contribution in [-0.4, -0.2) is 22.9 Å². The smallest absolute Gasteiger partial charge is 0.251 e. The van der Waals surface area contributed by atoms with Crippen molar-refractivity contribution in [1.82, 2.24) is 5.32 Å². The van der Waals surface area contributed by atoms with Gasteiger partial charge in [-0.15, -0.1) is 0 Å². The Hall–Kier alpha value is -0.740. The van der Waals surface area contributed by atoms with Crippen molar-refractivity contribution in [1.29, 1.82) is 0 Å². The fourth-order valence-electron chi connectivity index (χ4n) is 2.50. The first-order chi connectivity index (χ1) is 9.06. The van der Waals surface area contributed by atoms with Crippen molar-refractivity contribution in [2.75, 3.05) is 11.9 Å². The highest BCUT2D eigenvalue weighted by atomic mass is 79.9. The Kier molecular flexibility index (Phi) is 4.74. The minimum absolute atomic E-state index is 0.00839. The molecule has 0 spiro atoms. The molecular formula is C14H17BrClNO2. The SMILES string of the molecule is O=C(NCC1(CBr)CCCC1)c1ccc(O)c(Cl)c1. The van der Waals surface area contributed by atoms with Crippen LogP contribution in [0.25, 0.3) is 0 Å². The summed E-state index contributed by atoms with van der Waals surface area (Å²) in [6.07, 6.45) is 4.75. The first kappa shape index (κ1) is 14.7. The second-order valence-corrected chi connectivity index (χ2v) is 6.16. The van der Waals surface area contributed by atoms with Gasteiger partial charge in [0.15, 0.2) is 0 Å². The Morgan fingerprint density at radius 3 is 2.68 bits per heavy atom. The van der Waals surface area contributed by atoms with Crippen molar-refractivity contribution in [2.45, 2.75) is 25.7 Å². The van der Waals surface area contributed by atoms with Crippen LogP contribution in [0.5, 0.6) is 5.75 Å². The molecule has 0 bridgehead atoms. The van der Waals surface area contributed by atoms with E-state index in [2.05, 4.69) is 21.2 Å². The lowest BCUT2D eigenvalue weighted by atomic mass is 9.89. The standard InChI is InChI=1S/C14H17BrClNO2/c15-8-14(5-1-2-6-14)9-17-13(19)10-3-4-12(18)11(16)7-10/h3-4,7,18H,1-2,5-6,8-9H2,(H,17,19). The lowest BCUT2D eigenvalue weighted by Gasteiger charge is -2.26. The molecule has 1 aliphatic rings. The van der Waals surface area contributed by atoms with Crippen LogP contribution in [0, 0.1) is 5.41 Å². The van der Waals surface area contributed by atoms with Gasteiger partial charge < -0.3 is 10.4 Å². The molecule has 0 unspecified atom stereocenters. The number of nitrogens with one attached hydrogen (secondary N) is 1. The fraction of sp³-hybridized carbons (Fsp3) is 0.500. The number of hydrogen-bond donors (Lipinski definition) is 2. The number of phenols is 1. The monoisotopic (exact) mass is 345 g/mol. The van der Waals surface area contributed by atoms with Gasteiger partial charge >= 0.3 is 0 Å². The van der Waals surface area contributed by atoms with E-state index in [1.54, 1.807) is 6.07 Å². The van der Waals surface area contributed by atoms with Crippen LogP contribution in [0.15, 0.2) is 18.2 Å². The number of hydrogen-bond acceptors (Lipinski definition) is 2. The first-order valence-corrected chi connectivity index (χ1v) is 7.89. The van der Waals surface area contributed by atoms with Crippen molar-refractivity contribution >= 4 is 33.4 Å². The normalized spacial score (nSPS) is 17.4. The number of benzene rings is 1. The molecule has 1 aromatic carbocycles. The summed E-state index contributed by atoms with van der Waals surface area (Å²) in [6, 6.07) is 4.50. The number of alkyl halides is 1. The molecule has 104 valence electrons. The van der Waals surface area contributed by atoms with Gasteiger partial charge in [0.1, 0.15) is 5.75 Å². The van der Waals surface area contributed by atoms with Gasteiger partial charge in [0.2, 0.25) is 0 Å². The number of carbonyl (C=O) groups is 1. The maximum atomic E-state index is 12.1. The number of aromatic hydroxyl groups is 1. The maximum Gasteiger partial charge on any atom is 0.251 e. The number of phenolic OH excluding ortho intramolecular Hbond substituents is 1. The zero-order valence-electron chi connectivity index (χ0n) is 10.6. The van der Waals surface area contributed by atoms with Crippen molar-refractivity contribution in [3.05, 3.63) is 28.8 Å². The Morgan fingerprint density at radius 1 is 1.42 bits per heavy atom. The Bertz CT molecular complexity index is 473. The van der Waals surface area contributed by atoms with Crippen molar-refractivity contribution in [3.63, 3.8) is 0 Å². The molecule has 0 aromatic heterocycles. The quantitative estimate of drug-likeness (QED) is 0.816. The van der Waals surface area contributed by atoms with Crippen LogP contribution >= 0.6 is 27.5 Å². The molecule has 1 aliphatic carbocycles. The minimum atomic E-state index is -0.144. The number of halogens is 2. The summed E-state index contributed by atoms with van der Waals surface area (Å²) in [4.78, 5) is 12.1. The molecule has 3 nitrogen and oxygen atoms in total. The number of amides is 1. The zero-order chi connectivity index (χ0) is 13.9. The van der Waals surface area contributed by atoms with Gasteiger partial charge in [-0.25, -0.2) is 0 Å². The third-order valence-corrected chi connectivity index (χ3v) is 5.27. The number of carbonyl (C=O) groups excluding carboxylic acids is 1. The molecular weight excluding hydrogens is 330 g/mol. The third kappa shape index (κ3) is 3.42. The van der Waals surface area contributed by atoms with Gasteiger partial charge in [-0.2, -0.15) is 0 Å². The van der Waals surface area contributed by atoms with Crippen LogP contribution in [-0.2, 0) is 0 Å². The van der Waals surface area contributed by atoms with Crippen molar-refractivity contribution in [2.24, 2.45) is 5.41 Å². The third-order valence-electron chi connectivity index (χ3n) is 3.78. The Balaban J connectivity index is 1.99. The van der Waals surface area contributed by atoms with Gasteiger partial charge in [0, 0.05) is 17.4 Å². The summed E-state index contributed by atoms with van der Waals surface area (Å²) in [7, 11) is 0. The van der Waals surface area contributed by atoms with E-state index in [-0.39, 0.29) is 22.1 Å². The summed E-state index contributed by atoms with van der Waals surface area (Å²) in [5.41, 5.74) is 0.668. The van der Waals surface area contributed by atoms with Gasteiger partial charge in [-0.3, -0.25) is 4.79 Å². The van der Waals surface area contributed by atoms with Crippen LogP contribution in [0.4, 0.5) is 0 Å². The largest absolute Gasteiger partial charge is 0.506 e. The molecule has 1 saturated carbocycles. The lowest BCUT2D eigenvalue weighted by molar-refractivity contribution is 0.0935. The van der Waals surface area contributed by atoms with Gasteiger partial charge in [-0.1, -0.05) is 40.4 Å². The Morgan fingerprint density at radius 2 is 2.11 bits per heavy atom. The highest BCUT2D eigenvalue weighted by molar-refractivity contribution is 9.09. The van der Waals surface area contributed by atoms with Crippen LogP contribution in [0.1, 0.15) is 36.0 Å². The Labute approximate surface area is 126 Å². The molecule has 2 rings (SSSR count). The van der Waals surface area contributed by atoms with Crippen LogP contribution in [0.3, 0.4) is 0 Å². The van der Waals surface area contributed by atoms with E-state index in [4.69, 9.17) is 11.6 Å². The van der Waals surface area contributed by atoms with E-state index >= 15 is 0 Å². The number of rotatable bonds is 4. The summed E-state index contributed by atoms with van der Waals surface area (Å²) in [5, 5.41) is 13.4. The summed E-state index contributed by atoms with van der Waals surface area (Å²) in [5.74, 6) is -0.153. The molecule has 0 heterocycles. The van der Waals surface area contributed by atoms with E-state index in [9.17, 15) is 9.90 Å². The molecule has 0 aliphatic heterocycles. The second-order valence-electron chi connectivity index (χ2n) is 5.19. The molecule has 0 saturated heterocycles. The van der Waals surface area contributed by atoms with Crippen molar-refractivity contribution in [3.8, 4) is 5.75 Å². The first-order valence-electron chi connectivity index (χ1n) is 6.39. The van der Waals surface area contributed by atoms with E-state index in [0.29, 0.717) is 12.1 Å². The summed E-state index contributed by atoms with van der Waals surface area (Å²) < 4.78 is 0. The molecule has 19 heavy (non-hydrogen) atoms. The van der Waals surface area contributed by atoms with E-state index < -0.39 is 0 Å². The highest BCUT2D eigenvalue weighted by Gasteiger charge is 2.33. The maximum absolute atomic E-state index is 12.1. The average Bonchev–Trinajstić information content (AvgIpc) is 2.89. The van der Waals surface area contributed by atoms with Gasteiger partial charge in [0.25, 0.3) is 5.91 Å². The lowest BCUT2D eigenvalue weighted by Crippen LogP contribution is -2.37. The zero-order valence-corrected chi connectivity index (χ0v) is 12.9. The summed E-state index contributed by atoms with van der Waals surface area (Å²) >= 11 is 9.36. The molecule has 0 radical (unpaired) electrons. The van der Waals surface area contributed by atoms with Gasteiger partial charge in [0.05, 0.1) is 5.02 Å². The van der Waals surface area contributed by atoms with E-state index in [1.165, 1.54) is 25.0 Å². The molecule has 5 heteroatoms. The van der Waals surface area contributed by atoms with E-state index in [0.717, 1.165) is 18.2 Å². The summed E-state index contributed by atoms with van der Waals surface area (Å²) in [6.45, 7) is 0.676. The second kappa shape index (κ2) is 6.14. The van der Waals surface area contributed by atoms with Crippen LogP contribution in [0.2, 0.25) is 5.02 Å². The average molecular weight is 347 g/mol. The minimum Gasteiger partial charge on any atom is -0.506 e. The fourth-order valence-corrected chi connectivity index (χ4v) is 3.44. The van der Waals surface area contributed by atoms with E-state index in [1.807, 2.05) is 0 Å². The van der Waals surface area contributed by atoms with Crippen LogP contribution < -0.4 is 5.32 Å². The van der Waals surface area contributed by atoms with Crippen molar-refractivity contribution < 1.29 is 9.90 Å². The molecule has 1 aromatic rings. The molecule has 0 atom stereocenters. The predicted octanol–water partition coefficient (Wildman–Crippen LogP) is 3.73. The topological polar surface area (TPSA) is 49.3 Å².